The van der Waals surface area contributed by atoms with Crippen molar-refractivity contribution in [2.75, 3.05) is 7.11 Å². The molecule has 4 aliphatic rings. The largest absolute Gasteiger partial charge is 0.497 e. The van der Waals surface area contributed by atoms with Crippen LogP contribution < -0.4 is 4.74 Å². The van der Waals surface area contributed by atoms with Crippen LogP contribution in [0.4, 0.5) is 0 Å². The highest BCUT2D eigenvalue weighted by Gasteiger charge is 2.58. The second-order valence-electron chi connectivity index (χ2n) is 12.4. The van der Waals surface area contributed by atoms with Gasteiger partial charge in [0.1, 0.15) is 17.8 Å². The van der Waals surface area contributed by atoms with Crippen LogP contribution >= 0.6 is 0 Å². The molecule has 6 nitrogen and oxygen atoms in total. The van der Waals surface area contributed by atoms with Crippen molar-refractivity contribution in [2.24, 2.45) is 40.9 Å². The summed E-state index contributed by atoms with van der Waals surface area (Å²) in [4.78, 5) is 13.7. The average molecular weight is 466 g/mol. The number of nitrogens with zero attached hydrogens (tertiary/aromatic N) is 3. The molecular formula is C28H39N3O3. The third kappa shape index (κ3) is 3.51. The van der Waals surface area contributed by atoms with E-state index in [9.17, 15) is 9.90 Å². The molecule has 0 amide bonds. The van der Waals surface area contributed by atoms with Crippen LogP contribution in [0.1, 0.15) is 71.6 Å². The standard InChI is InChI=1S/C28H39N3O3/c1-27(33)12-10-19-17(15-27)4-6-21-20(19)11-13-28(2)22(21)7-8-23(28)26(32)16-31-25-14-18(34-3)5-9-24(25)29-30-31/h5,9,14,17,19-23,33H,4,6-8,10-13,15-16H2,1-3H3. The number of fused-ring (bicyclic) bond motifs is 6. The second kappa shape index (κ2) is 8.04. The molecule has 1 aromatic carbocycles. The van der Waals surface area contributed by atoms with Crippen LogP contribution in [-0.2, 0) is 11.3 Å². The van der Waals surface area contributed by atoms with Crippen LogP contribution in [0.15, 0.2) is 18.2 Å². The summed E-state index contributed by atoms with van der Waals surface area (Å²) in [5.41, 5.74) is 1.31. The minimum Gasteiger partial charge on any atom is -0.497 e. The molecule has 0 saturated heterocycles. The molecule has 1 heterocycles. The number of methoxy groups -OCH3 is 1. The Balaban J connectivity index is 1.19. The molecule has 0 spiro atoms. The summed E-state index contributed by atoms with van der Waals surface area (Å²) < 4.78 is 7.14. The molecule has 34 heavy (non-hydrogen) atoms. The van der Waals surface area contributed by atoms with Gasteiger partial charge in [0.2, 0.25) is 0 Å². The summed E-state index contributed by atoms with van der Waals surface area (Å²) in [6, 6.07) is 5.70. The first-order valence-corrected chi connectivity index (χ1v) is 13.4. The van der Waals surface area contributed by atoms with Crippen LogP contribution in [0.5, 0.6) is 5.75 Å². The first-order valence-electron chi connectivity index (χ1n) is 13.4. The fourth-order valence-corrected chi connectivity index (χ4v) is 9.06. The number of ketones is 1. The number of carbonyl (C=O) groups excluding carboxylic acids is 1. The van der Waals surface area contributed by atoms with E-state index in [-0.39, 0.29) is 11.3 Å². The third-order valence-corrected chi connectivity index (χ3v) is 10.7. The fraction of sp³-hybridized carbons (Fsp3) is 0.750. The van der Waals surface area contributed by atoms with Gasteiger partial charge < -0.3 is 9.84 Å². The van der Waals surface area contributed by atoms with E-state index >= 15 is 0 Å². The van der Waals surface area contributed by atoms with Crippen molar-refractivity contribution in [3.05, 3.63) is 18.2 Å². The Labute approximate surface area is 202 Å². The van der Waals surface area contributed by atoms with Gasteiger partial charge in [0.15, 0.2) is 5.78 Å². The highest BCUT2D eigenvalue weighted by Crippen LogP contribution is 2.64. The van der Waals surface area contributed by atoms with Crippen molar-refractivity contribution < 1.29 is 14.6 Å². The van der Waals surface area contributed by atoms with E-state index < -0.39 is 5.60 Å². The SMILES string of the molecule is COc1ccc2nnn(CC(=O)C3CCC4C5CCC6CC(C)(O)CCC6C5CCC34C)c2c1. The number of carbonyl (C=O) groups is 1. The minimum absolute atomic E-state index is 0.110. The van der Waals surface area contributed by atoms with E-state index in [0.717, 1.165) is 53.8 Å². The number of hydrogen-bond donors (Lipinski definition) is 1. The lowest BCUT2D eigenvalue weighted by molar-refractivity contribution is -0.133. The molecule has 6 rings (SSSR count). The van der Waals surface area contributed by atoms with E-state index in [4.69, 9.17) is 4.74 Å². The Morgan fingerprint density at radius 1 is 1.09 bits per heavy atom. The highest BCUT2D eigenvalue weighted by molar-refractivity contribution is 5.84. The van der Waals surface area contributed by atoms with Crippen LogP contribution in [0.3, 0.4) is 0 Å². The van der Waals surface area contributed by atoms with Gasteiger partial charge >= 0.3 is 0 Å². The lowest BCUT2D eigenvalue weighted by Crippen LogP contribution is -2.51. The summed E-state index contributed by atoms with van der Waals surface area (Å²) in [6.07, 6.45) is 10.3. The topological polar surface area (TPSA) is 77.2 Å². The molecule has 1 aromatic heterocycles. The molecule has 4 fully saturated rings. The number of benzene rings is 1. The van der Waals surface area contributed by atoms with E-state index in [0.29, 0.717) is 24.2 Å². The maximum atomic E-state index is 13.7. The van der Waals surface area contributed by atoms with Gasteiger partial charge in [-0.05, 0) is 112 Å². The zero-order chi connectivity index (χ0) is 23.7. The summed E-state index contributed by atoms with van der Waals surface area (Å²) in [5.74, 6) is 4.91. The Kier molecular flexibility index (Phi) is 5.32. The summed E-state index contributed by atoms with van der Waals surface area (Å²) in [7, 11) is 1.65. The number of rotatable bonds is 4. The van der Waals surface area contributed by atoms with E-state index in [1.165, 1.54) is 38.5 Å². The quantitative estimate of drug-likeness (QED) is 0.685. The Bertz CT molecular complexity index is 1090. The van der Waals surface area contributed by atoms with Crippen molar-refractivity contribution >= 4 is 16.8 Å². The number of aliphatic hydroxyl groups is 1. The summed E-state index contributed by atoms with van der Waals surface area (Å²) >= 11 is 0. The van der Waals surface area contributed by atoms with E-state index in [2.05, 4.69) is 17.2 Å². The van der Waals surface area contributed by atoms with Crippen molar-refractivity contribution in [1.29, 1.82) is 0 Å². The molecule has 0 aliphatic heterocycles. The fourth-order valence-electron chi connectivity index (χ4n) is 9.06. The molecule has 0 bridgehead atoms. The molecule has 2 aromatic rings. The van der Waals surface area contributed by atoms with Gasteiger partial charge in [-0.3, -0.25) is 4.79 Å². The second-order valence-corrected chi connectivity index (χ2v) is 12.4. The predicted molar refractivity (Wildman–Crippen MR) is 130 cm³/mol. The average Bonchev–Trinajstić information content (AvgIpc) is 3.38. The Hall–Kier alpha value is -1.95. The van der Waals surface area contributed by atoms with Gasteiger partial charge in [-0.1, -0.05) is 12.1 Å². The maximum absolute atomic E-state index is 13.7. The van der Waals surface area contributed by atoms with Gasteiger partial charge in [0.25, 0.3) is 0 Å². The highest BCUT2D eigenvalue weighted by atomic mass is 16.5. The molecule has 8 unspecified atom stereocenters. The van der Waals surface area contributed by atoms with Crippen LogP contribution in [0.2, 0.25) is 0 Å². The smallest absolute Gasteiger partial charge is 0.157 e. The van der Waals surface area contributed by atoms with Crippen molar-refractivity contribution in [2.45, 2.75) is 83.8 Å². The lowest BCUT2D eigenvalue weighted by atomic mass is 9.49. The van der Waals surface area contributed by atoms with Crippen molar-refractivity contribution in [3.8, 4) is 5.75 Å². The van der Waals surface area contributed by atoms with Crippen molar-refractivity contribution in [3.63, 3.8) is 0 Å². The number of hydrogen-bond acceptors (Lipinski definition) is 5. The molecule has 4 saturated carbocycles. The van der Waals surface area contributed by atoms with Crippen molar-refractivity contribution in [1.82, 2.24) is 15.0 Å². The maximum Gasteiger partial charge on any atom is 0.157 e. The minimum atomic E-state index is -0.461. The van der Waals surface area contributed by atoms with Crippen LogP contribution in [0, 0.1) is 40.9 Å². The summed E-state index contributed by atoms with van der Waals surface area (Å²) in [6.45, 7) is 4.75. The zero-order valence-electron chi connectivity index (χ0n) is 20.9. The molecule has 8 atom stereocenters. The number of Topliss-reactive ketones (excluding diaryl/α,β-unsaturated/α-hetero) is 1. The van der Waals surface area contributed by atoms with Crippen LogP contribution in [0.25, 0.3) is 11.0 Å². The van der Waals surface area contributed by atoms with E-state index in [1.54, 1.807) is 11.8 Å². The van der Waals surface area contributed by atoms with Gasteiger partial charge in [0.05, 0.1) is 18.2 Å². The van der Waals surface area contributed by atoms with Gasteiger partial charge in [-0.25, -0.2) is 4.68 Å². The molecule has 184 valence electrons. The van der Waals surface area contributed by atoms with Gasteiger partial charge in [-0.15, -0.1) is 5.10 Å². The number of ether oxygens (including phenoxy) is 1. The molecular weight excluding hydrogens is 426 g/mol. The molecule has 6 heteroatoms. The molecule has 4 aliphatic carbocycles. The normalized spacial score (nSPS) is 41.5. The lowest BCUT2D eigenvalue weighted by Gasteiger charge is -2.56. The molecule has 0 radical (unpaired) electrons. The summed E-state index contributed by atoms with van der Waals surface area (Å²) in [5, 5.41) is 19.2. The first-order chi connectivity index (χ1) is 16.3. The predicted octanol–water partition coefficient (Wildman–Crippen LogP) is 5.03. The number of aromatic nitrogens is 3. The van der Waals surface area contributed by atoms with Gasteiger partial charge in [0, 0.05) is 12.0 Å². The third-order valence-electron chi connectivity index (χ3n) is 10.7. The Morgan fingerprint density at radius 3 is 2.74 bits per heavy atom. The molecule has 1 N–H and O–H groups in total. The van der Waals surface area contributed by atoms with Crippen LogP contribution in [-0.4, -0.2) is 38.6 Å². The Morgan fingerprint density at radius 2 is 1.91 bits per heavy atom. The van der Waals surface area contributed by atoms with Gasteiger partial charge in [-0.2, -0.15) is 0 Å². The zero-order valence-corrected chi connectivity index (χ0v) is 20.9. The first kappa shape index (κ1) is 22.5. The van der Waals surface area contributed by atoms with E-state index in [1.807, 2.05) is 25.1 Å². The monoisotopic (exact) mass is 465 g/mol.